The first-order valence-corrected chi connectivity index (χ1v) is 9.35. The topological polar surface area (TPSA) is 82.5 Å². The molecular formula is C17H16ClN3O4S. The summed E-state index contributed by atoms with van der Waals surface area (Å²) in [6, 6.07) is 11.1. The number of anilines is 1. The number of aromatic nitrogens is 2. The first-order chi connectivity index (χ1) is 12.4. The molecule has 1 aromatic heterocycles. The minimum absolute atomic E-state index is 0.0502. The fraction of sp³-hybridized carbons (Fsp3) is 0.118. The molecule has 0 spiro atoms. The summed E-state index contributed by atoms with van der Waals surface area (Å²) in [5.41, 5.74) is 0.816. The molecule has 0 radical (unpaired) electrons. The third-order valence-corrected chi connectivity index (χ3v) is 5.24. The van der Waals surface area contributed by atoms with Crippen LogP contribution in [0, 0.1) is 0 Å². The summed E-state index contributed by atoms with van der Waals surface area (Å²) < 4.78 is 40.3. The van der Waals surface area contributed by atoms with Crippen LogP contribution in [0.5, 0.6) is 11.5 Å². The van der Waals surface area contributed by atoms with Crippen molar-refractivity contribution in [2.75, 3.05) is 18.9 Å². The summed E-state index contributed by atoms with van der Waals surface area (Å²) in [4.78, 5) is -0.0502. The van der Waals surface area contributed by atoms with Crippen molar-refractivity contribution in [1.82, 2.24) is 9.78 Å². The maximum atomic E-state index is 13.0. The van der Waals surface area contributed by atoms with Gasteiger partial charge >= 0.3 is 0 Å². The van der Waals surface area contributed by atoms with Gasteiger partial charge < -0.3 is 9.47 Å². The summed E-state index contributed by atoms with van der Waals surface area (Å²) in [5, 5.41) is 4.52. The molecule has 136 valence electrons. The van der Waals surface area contributed by atoms with Crippen molar-refractivity contribution >= 4 is 27.3 Å². The number of benzene rings is 2. The fourth-order valence-corrected chi connectivity index (χ4v) is 3.82. The molecular weight excluding hydrogens is 378 g/mol. The molecule has 1 N–H and O–H groups in total. The van der Waals surface area contributed by atoms with Gasteiger partial charge in [0, 0.05) is 23.5 Å². The molecule has 0 saturated heterocycles. The van der Waals surface area contributed by atoms with E-state index in [1.165, 1.54) is 37.1 Å². The normalized spacial score (nSPS) is 11.2. The Morgan fingerprint density at radius 1 is 1.12 bits per heavy atom. The Labute approximate surface area is 156 Å². The zero-order chi connectivity index (χ0) is 18.7. The number of hydrogen-bond donors (Lipinski definition) is 1. The van der Waals surface area contributed by atoms with Crippen molar-refractivity contribution in [3.63, 3.8) is 0 Å². The monoisotopic (exact) mass is 393 g/mol. The molecule has 0 aliphatic rings. The number of nitrogens with one attached hydrogen (secondary N) is 1. The van der Waals surface area contributed by atoms with Crippen LogP contribution >= 0.6 is 11.6 Å². The number of rotatable bonds is 6. The van der Waals surface area contributed by atoms with Crippen LogP contribution in [0.2, 0.25) is 5.02 Å². The van der Waals surface area contributed by atoms with Crippen molar-refractivity contribution in [3.05, 3.63) is 59.9 Å². The number of hydrogen-bond acceptors (Lipinski definition) is 5. The van der Waals surface area contributed by atoms with Gasteiger partial charge in [0.1, 0.15) is 16.4 Å². The average Bonchev–Trinajstić information content (AvgIpc) is 3.15. The van der Waals surface area contributed by atoms with Gasteiger partial charge in [0.05, 0.1) is 25.6 Å². The maximum Gasteiger partial charge on any atom is 0.265 e. The Balaban J connectivity index is 2.08. The number of methoxy groups -OCH3 is 2. The van der Waals surface area contributed by atoms with E-state index < -0.39 is 10.0 Å². The standard InChI is InChI=1S/C17H16ClN3O4S/c1-24-13-5-7-16(25-2)17(11-13)26(22,23)20-14-10-12(18)4-6-15(14)21-9-3-8-19-21/h3-11,20H,1-2H3. The third-order valence-electron chi connectivity index (χ3n) is 3.61. The molecule has 0 aliphatic heterocycles. The number of halogens is 1. The average molecular weight is 394 g/mol. The van der Waals surface area contributed by atoms with E-state index >= 15 is 0 Å². The summed E-state index contributed by atoms with van der Waals surface area (Å²) in [5.74, 6) is 0.588. The van der Waals surface area contributed by atoms with Gasteiger partial charge in [-0.15, -0.1) is 0 Å². The van der Waals surface area contributed by atoms with Crippen LogP contribution in [0.3, 0.4) is 0 Å². The molecule has 3 rings (SSSR count). The molecule has 0 unspecified atom stereocenters. The predicted octanol–water partition coefficient (Wildman–Crippen LogP) is 3.34. The Kier molecular flexibility index (Phi) is 5.06. The van der Waals surface area contributed by atoms with E-state index in [9.17, 15) is 8.42 Å². The van der Waals surface area contributed by atoms with Crippen molar-refractivity contribution in [3.8, 4) is 17.2 Å². The summed E-state index contributed by atoms with van der Waals surface area (Å²) >= 11 is 6.05. The maximum absolute atomic E-state index is 13.0. The van der Waals surface area contributed by atoms with E-state index in [0.717, 1.165) is 0 Å². The Morgan fingerprint density at radius 2 is 1.92 bits per heavy atom. The lowest BCUT2D eigenvalue weighted by Crippen LogP contribution is -2.16. The van der Waals surface area contributed by atoms with Gasteiger partial charge in [0.15, 0.2) is 0 Å². The molecule has 7 nitrogen and oxygen atoms in total. The van der Waals surface area contributed by atoms with E-state index in [2.05, 4.69) is 9.82 Å². The number of nitrogens with zero attached hydrogens (tertiary/aromatic N) is 2. The SMILES string of the molecule is COc1ccc(OC)c(S(=O)(=O)Nc2cc(Cl)ccc2-n2cccn2)c1. The molecule has 2 aromatic carbocycles. The molecule has 26 heavy (non-hydrogen) atoms. The van der Waals surface area contributed by atoms with E-state index in [1.807, 2.05) is 0 Å². The predicted molar refractivity (Wildman–Crippen MR) is 98.9 cm³/mol. The first-order valence-electron chi connectivity index (χ1n) is 7.49. The molecule has 0 bridgehead atoms. The van der Waals surface area contributed by atoms with E-state index in [1.54, 1.807) is 36.7 Å². The highest BCUT2D eigenvalue weighted by atomic mass is 35.5. The summed E-state index contributed by atoms with van der Waals surface area (Å²) in [6.07, 6.45) is 3.30. The van der Waals surface area contributed by atoms with Crippen LogP contribution in [0.25, 0.3) is 5.69 Å². The second-order valence-corrected chi connectivity index (χ2v) is 7.32. The van der Waals surface area contributed by atoms with Gasteiger partial charge in [0.25, 0.3) is 10.0 Å². The first kappa shape index (κ1) is 18.1. The molecule has 9 heteroatoms. The Bertz CT molecular complexity index is 1020. The van der Waals surface area contributed by atoms with E-state index in [0.29, 0.717) is 16.5 Å². The lowest BCUT2D eigenvalue weighted by molar-refractivity contribution is 0.392. The Hall–Kier alpha value is -2.71. The molecule has 0 fully saturated rings. The third kappa shape index (κ3) is 3.61. The summed E-state index contributed by atoms with van der Waals surface area (Å²) in [6.45, 7) is 0. The molecule has 0 saturated carbocycles. The van der Waals surface area contributed by atoms with Crippen LogP contribution in [0.1, 0.15) is 0 Å². The van der Waals surface area contributed by atoms with Crippen molar-refractivity contribution in [2.45, 2.75) is 4.90 Å². The summed E-state index contributed by atoms with van der Waals surface area (Å²) in [7, 11) is -1.12. The minimum Gasteiger partial charge on any atom is -0.497 e. The van der Waals surface area contributed by atoms with Crippen LogP contribution in [0.4, 0.5) is 5.69 Å². The van der Waals surface area contributed by atoms with Gasteiger partial charge in [-0.05, 0) is 36.4 Å². The highest BCUT2D eigenvalue weighted by molar-refractivity contribution is 7.92. The zero-order valence-electron chi connectivity index (χ0n) is 14.0. The molecule has 3 aromatic rings. The highest BCUT2D eigenvalue weighted by Crippen LogP contribution is 2.32. The van der Waals surface area contributed by atoms with Gasteiger partial charge in [-0.3, -0.25) is 4.72 Å². The fourth-order valence-electron chi connectivity index (χ4n) is 2.39. The molecule has 0 atom stereocenters. The number of sulfonamides is 1. The van der Waals surface area contributed by atoms with E-state index in [4.69, 9.17) is 21.1 Å². The smallest absolute Gasteiger partial charge is 0.265 e. The van der Waals surface area contributed by atoms with Gasteiger partial charge in [-0.1, -0.05) is 11.6 Å². The van der Waals surface area contributed by atoms with Crippen molar-refractivity contribution in [2.24, 2.45) is 0 Å². The minimum atomic E-state index is -3.97. The highest BCUT2D eigenvalue weighted by Gasteiger charge is 2.22. The lowest BCUT2D eigenvalue weighted by Gasteiger charge is -2.15. The van der Waals surface area contributed by atoms with Crippen molar-refractivity contribution in [1.29, 1.82) is 0 Å². The van der Waals surface area contributed by atoms with Crippen LogP contribution in [-0.4, -0.2) is 32.4 Å². The van der Waals surface area contributed by atoms with Crippen LogP contribution in [-0.2, 0) is 10.0 Å². The van der Waals surface area contributed by atoms with Crippen LogP contribution < -0.4 is 14.2 Å². The zero-order valence-corrected chi connectivity index (χ0v) is 15.6. The van der Waals surface area contributed by atoms with Gasteiger partial charge in [0.2, 0.25) is 0 Å². The van der Waals surface area contributed by atoms with Gasteiger partial charge in [-0.2, -0.15) is 5.10 Å². The van der Waals surface area contributed by atoms with Gasteiger partial charge in [-0.25, -0.2) is 13.1 Å². The second kappa shape index (κ2) is 7.27. The largest absolute Gasteiger partial charge is 0.497 e. The quantitative estimate of drug-likeness (QED) is 0.694. The second-order valence-electron chi connectivity index (χ2n) is 5.23. The van der Waals surface area contributed by atoms with Crippen molar-refractivity contribution < 1.29 is 17.9 Å². The van der Waals surface area contributed by atoms with Crippen LogP contribution in [0.15, 0.2) is 59.8 Å². The molecule has 0 amide bonds. The van der Waals surface area contributed by atoms with E-state index in [-0.39, 0.29) is 16.3 Å². The molecule has 1 heterocycles. The molecule has 0 aliphatic carbocycles. The lowest BCUT2D eigenvalue weighted by atomic mass is 10.3. The Morgan fingerprint density at radius 3 is 2.58 bits per heavy atom. The number of ether oxygens (including phenoxy) is 2.